The second-order valence-electron chi connectivity index (χ2n) is 4.32. The molecule has 2 rings (SSSR count). The van der Waals surface area contributed by atoms with Gasteiger partial charge in [-0.2, -0.15) is 0 Å². The molecule has 0 unspecified atom stereocenters. The minimum absolute atomic E-state index is 0. The van der Waals surface area contributed by atoms with E-state index in [1.54, 1.807) is 13.2 Å². The van der Waals surface area contributed by atoms with E-state index in [1.165, 1.54) is 28.1 Å². The van der Waals surface area contributed by atoms with Crippen molar-refractivity contribution < 1.29 is 49.0 Å². The molecule has 2 aromatic rings. The van der Waals surface area contributed by atoms with Crippen LogP contribution in [-0.4, -0.2) is 36.1 Å². The van der Waals surface area contributed by atoms with Gasteiger partial charge in [0.1, 0.15) is 6.26 Å². The maximum absolute atomic E-state index is 9.59. The first-order valence-corrected chi connectivity index (χ1v) is 6.91. The number of carbonyl (C=O) groups is 2. The Morgan fingerprint density at radius 2 is 1.40 bits per heavy atom. The van der Waals surface area contributed by atoms with Crippen molar-refractivity contribution in [2.75, 3.05) is 14.2 Å². The number of aryl methyl sites for hydroxylation is 4. The second kappa shape index (κ2) is 16.9. The minimum Gasteiger partial charge on any atom is -0.630 e. The van der Waals surface area contributed by atoms with Crippen LogP contribution in [0.1, 0.15) is 37.0 Å². The molecule has 0 saturated heterocycles. The molecule has 0 fully saturated rings. The number of nitrogens with zero attached hydrogens (tertiary/aromatic N) is 2. The number of hydrogen-bond acceptors (Lipinski definition) is 8. The molecule has 2 aromatic heterocycles. The average molecular weight is 525 g/mol. The third-order valence-corrected chi connectivity index (χ3v) is 1.98. The van der Waals surface area contributed by atoms with E-state index in [0.29, 0.717) is 5.89 Å². The number of rotatable bonds is 0. The molecule has 0 radical (unpaired) electrons. The summed E-state index contributed by atoms with van der Waals surface area (Å²) in [4.78, 5) is 27.0. The van der Waals surface area contributed by atoms with Gasteiger partial charge in [-0.15, -0.1) is 0 Å². The van der Waals surface area contributed by atoms with Crippen LogP contribution in [0.5, 0.6) is 0 Å². The van der Waals surface area contributed by atoms with E-state index in [0.717, 1.165) is 17.3 Å². The van der Waals surface area contributed by atoms with Crippen molar-refractivity contribution >= 4 is 11.9 Å². The number of hydrogen-bond donors (Lipinski definition) is 0. The predicted octanol–water partition coefficient (Wildman–Crippen LogP) is 2.74. The van der Waals surface area contributed by atoms with Crippen molar-refractivity contribution in [2.45, 2.75) is 41.5 Å². The summed E-state index contributed by atoms with van der Waals surface area (Å²) in [5, 5.41) is 0. The number of carbonyl (C=O) groups excluding carboxylic acids is 2. The molecule has 8 nitrogen and oxygen atoms in total. The monoisotopic (exact) mass is 525 g/mol. The Morgan fingerprint density at radius 3 is 1.48 bits per heavy atom. The fourth-order valence-electron chi connectivity index (χ4n) is 0.901. The van der Waals surface area contributed by atoms with Crippen LogP contribution in [0.15, 0.2) is 15.1 Å². The number of methoxy groups -OCH3 is 2. The van der Waals surface area contributed by atoms with Crippen LogP contribution in [0, 0.1) is 34.0 Å². The molecule has 25 heavy (non-hydrogen) atoms. The third-order valence-electron chi connectivity index (χ3n) is 1.98. The third kappa shape index (κ3) is 22.0. The van der Waals surface area contributed by atoms with E-state index in [1.807, 2.05) is 20.8 Å². The van der Waals surface area contributed by atoms with Crippen molar-refractivity contribution in [2.24, 2.45) is 0 Å². The molecule has 142 valence electrons. The largest absolute Gasteiger partial charge is 0.630 e. The molecule has 0 aliphatic heterocycles. The van der Waals surface area contributed by atoms with Gasteiger partial charge in [-0.3, -0.25) is 9.59 Å². The van der Waals surface area contributed by atoms with Gasteiger partial charge in [0, 0.05) is 47.7 Å². The molecule has 0 aliphatic carbocycles. The summed E-state index contributed by atoms with van der Waals surface area (Å²) in [6.07, 6.45) is 4.22. The summed E-state index contributed by atoms with van der Waals surface area (Å²) < 4.78 is 17.8. The van der Waals surface area contributed by atoms with Crippen LogP contribution < -0.4 is 0 Å². The molecule has 0 aromatic carbocycles. The van der Waals surface area contributed by atoms with E-state index in [4.69, 9.17) is 8.83 Å². The van der Waals surface area contributed by atoms with Gasteiger partial charge in [-0.25, -0.2) is 4.98 Å². The van der Waals surface area contributed by atoms with Crippen LogP contribution >= 0.6 is 0 Å². The molecular formula is C16H25N2O6W-. The maximum atomic E-state index is 9.59. The molecule has 0 aliphatic rings. The molecule has 9 heteroatoms. The zero-order valence-corrected chi connectivity index (χ0v) is 18.8. The first kappa shape index (κ1) is 27.9. The Morgan fingerprint density at radius 1 is 0.960 bits per heavy atom. The fraction of sp³-hybridized carbons (Fsp3) is 0.500. The van der Waals surface area contributed by atoms with E-state index < -0.39 is 0 Å². The Hall–Kier alpha value is -1.95. The van der Waals surface area contributed by atoms with Gasteiger partial charge in [0.2, 0.25) is 0 Å². The Balaban J connectivity index is -0.000000259. The Kier molecular flexibility index (Phi) is 18.8. The number of ether oxygens (including phenoxy) is 2. The van der Waals surface area contributed by atoms with Gasteiger partial charge in [-0.1, -0.05) is 13.2 Å². The molecule has 0 spiro atoms. The summed E-state index contributed by atoms with van der Waals surface area (Å²) in [6.45, 7) is 10.1. The van der Waals surface area contributed by atoms with E-state index in [-0.39, 0.29) is 33.0 Å². The second-order valence-corrected chi connectivity index (χ2v) is 4.32. The van der Waals surface area contributed by atoms with Crippen LogP contribution in [0.4, 0.5) is 0 Å². The average Bonchev–Trinajstić information content (AvgIpc) is 3.08. The summed E-state index contributed by atoms with van der Waals surface area (Å²) in [7, 11) is 2.70. The van der Waals surface area contributed by atoms with Crippen LogP contribution in [0.2, 0.25) is 0 Å². The van der Waals surface area contributed by atoms with Crippen molar-refractivity contribution in [3.8, 4) is 0 Å². The molecule has 0 N–H and O–H groups in total. The summed E-state index contributed by atoms with van der Waals surface area (Å²) in [5.74, 6) is 0.921. The summed E-state index contributed by atoms with van der Waals surface area (Å²) in [5.41, 5.74) is 1.76. The van der Waals surface area contributed by atoms with Crippen LogP contribution in [0.25, 0.3) is 0 Å². The van der Waals surface area contributed by atoms with Crippen molar-refractivity contribution in [1.29, 1.82) is 0 Å². The summed E-state index contributed by atoms with van der Waals surface area (Å²) in [6, 6.07) is 0. The number of aromatic nitrogens is 2. The Bertz CT molecular complexity index is 510. The molecule has 0 amide bonds. The molecule has 0 atom stereocenters. The maximum Gasteiger partial charge on any atom is 0.302 e. The van der Waals surface area contributed by atoms with Crippen LogP contribution in [0.3, 0.4) is 0 Å². The molecule has 0 bridgehead atoms. The molecule has 2 heterocycles. The SMILES string of the molecule is COC(C)=O.COC(C)=O.Cc1[c-]oc(C)n1.Cc1coc(C)n1.[W]. The van der Waals surface area contributed by atoms with Gasteiger partial charge < -0.3 is 23.3 Å². The van der Waals surface area contributed by atoms with E-state index in [9.17, 15) is 9.59 Å². The summed E-state index contributed by atoms with van der Waals surface area (Å²) >= 11 is 0. The van der Waals surface area contributed by atoms with Gasteiger partial charge in [0.25, 0.3) is 0 Å². The topological polar surface area (TPSA) is 105 Å². The standard InChI is InChI=1S/C5H7NO.C5H6NO.2C3H6O2.W/c2*1-4-3-7-5(2)6-4;2*1-3(4)5-2;/h3H,1-2H3;1-2H3;2*1-2H3;/q;-1;;;. The molecule has 0 saturated carbocycles. The first-order chi connectivity index (χ1) is 11.1. The fourth-order valence-corrected chi connectivity index (χ4v) is 0.901. The first-order valence-electron chi connectivity index (χ1n) is 6.91. The van der Waals surface area contributed by atoms with Gasteiger partial charge >= 0.3 is 11.9 Å². The predicted molar refractivity (Wildman–Crippen MR) is 86.2 cm³/mol. The van der Waals surface area contributed by atoms with Crippen molar-refractivity contribution in [3.05, 3.63) is 35.7 Å². The van der Waals surface area contributed by atoms with Gasteiger partial charge in [0.05, 0.1) is 19.9 Å². The smallest absolute Gasteiger partial charge is 0.302 e. The van der Waals surface area contributed by atoms with E-state index >= 15 is 0 Å². The molecular weight excluding hydrogens is 500 g/mol. The van der Waals surface area contributed by atoms with Gasteiger partial charge in [0.15, 0.2) is 5.89 Å². The quantitative estimate of drug-likeness (QED) is 0.382. The van der Waals surface area contributed by atoms with Crippen molar-refractivity contribution in [1.82, 2.24) is 9.97 Å². The van der Waals surface area contributed by atoms with Gasteiger partial charge in [-0.05, 0) is 19.5 Å². The van der Waals surface area contributed by atoms with E-state index in [2.05, 4.69) is 25.7 Å². The number of oxazole rings is 2. The van der Waals surface area contributed by atoms with Crippen LogP contribution in [-0.2, 0) is 40.1 Å². The van der Waals surface area contributed by atoms with Crippen molar-refractivity contribution in [3.63, 3.8) is 0 Å². The zero-order valence-electron chi connectivity index (χ0n) is 15.8. The number of esters is 2. The Labute approximate surface area is 162 Å². The normalized spacial score (nSPS) is 8.00. The zero-order chi connectivity index (χ0) is 19.1. The minimum atomic E-state index is -0.245.